The number of carbonyl (C=O) groups is 2. The highest BCUT2D eigenvalue weighted by molar-refractivity contribution is 5.76. The first-order chi connectivity index (χ1) is 11.5. The van der Waals surface area contributed by atoms with E-state index in [9.17, 15) is 14.0 Å². The maximum Gasteiger partial charge on any atom is 0.317 e. The quantitative estimate of drug-likeness (QED) is 0.865. The van der Waals surface area contributed by atoms with Gasteiger partial charge in [-0.1, -0.05) is 12.1 Å². The predicted octanol–water partition coefficient (Wildman–Crippen LogP) is 2.16. The molecule has 1 atom stereocenters. The van der Waals surface area contributed by atoms with E-state index in [1.54, 1.807) is 12.1 Å². The fourth-order valence-electron chi connectivity index (χ4n) is 3.17. The number of likely N-dealkylation sites (tertiary alicyclic amines) is 1. The second-order valence-corrected chi connectivity index (χ2v) is 6.40. The van der Waals surface area contributed by atoms with Gasteiger partial charge in [0.25, 0.3) is 0 Å². The van der Waals surface area contributed by atoms with Crippen molar-refractivity contribution in [2.24, 2.45) is 0 Å². The molecular weight excluding hydrogens is 311 g/mol. The molecule has 6 heteroatoms. The lowest BCUT2D eigenvalue weighted by Crippen LogP contribution is -2.37. The van der Waals surface area contributed by atoms with Crippen molar-refractivity contribution >= 4 is 11.9 Å². The van der Waals surface area contributed by atoms with Crippen LogP contribution >= 0.6 is 0 Å². The third-order valence-electron chi connectivity index (χ3n) is 4.60. The summed E-state index contributed by atoms with van der Waals surface area (Å²) >= 11 is 0. The van der Waals surface area contributed by atoms with Gasteiger partial charge in [-0.3, -0.25) is 14.5 Å². The van der Waals surface area contributed by atoms with Gasteiger partial charge in [0, 0.05) is 25.6 Å². The summed E-state index contributed by atoms with van der Waals surface area (Å²) < 4.78 is 12.9. The third kappa shape index (κ3) is 5.60. The van der Waals surface area contributed by atoms with Crippen LogP contribution in [0.5, 0.6) is 0 Å². The number of benzene rings is 1. The number of nitrogens with zero attached hydrogens (tertiary/aromatic N) is 2. The first-order valence-corrected chi connectivity index (χ1v) is 8.40. The summed E-state index contributed by atoms with van der Waals surface area (Å²) in [4.78, 5) is 26.9. The van der Waals surface area contributed by atoms with Crippen LogP contribution in [0.3, 0.4) is 0 Å². The van der Waals surface area contributed by atoms with Crippen molar-refractivity contribution in [1.82, 2.24) is 9.80 Å². The minimum Gasteiger partial charge on any atom is -0.480 e. The molecule has 0 spiro atoms. The number of carbonyl (C=O) groups excluding carboxylic acids is 1. The van der Waals surface area contributed by atoms with Gasteiger partial charge in [0.1, 0.15) is 5.82 Å². The van der Waals surface area contributed by atoms with Crippen LogP contribution in [0.25, 0.3) is 0 Å². The lowest BCUT2D eigenvalue weighted by Gasteiger charge is -2.25. The molecule has 0 bridgehead atoms. The maximum absolute atomic E-state index is 12.9. The molecule has 1 saturated heterocycles. The number of hydrogen-bond donors (Lipinski definition) is 1. The van der Waals surface area contributed by atoms with E-state index in [4.69, 9.17) is 5.11 Å². The molecule has 1 aromatic rings. The Morgan fingerprint density at radius 2 is 1.96 bits per heavy atom. The monoisotopic (exact) mass is 336 g/mol. The minimum atomic E-state index is -0.825. The van der Waals surface area contributed by atoms with Crippen LogP contribution in [0, 0.1) is 5.82 Å². The number of likely N-dealkylation sites (N-methyl/N-ethyl adjacent to an activating group) is 1. The van der Waals surface area contributed by atoms with Crippen molar-refractivity contribution < 1.29 is 19.1 Å². The Morgan fingerprint density at radius 1 is 1.25 bits per heavy atom. The first kappa shape index (κ1) is 18.4. The molecule has 2 rings (SSSR count). The lowest BCUT2D eigenvalue weighted by molar-refractivity contribution is -0.138. The van der Waals surface area contributed by atoms with E-state index in [0.29, 0.717) is 19.4 Å². The zero-order valence-electron chi connectivity index (χ0n) is 14.1. The fraction of sp³-hybridized carbons (Fsp3) is 0.556. The summed E-state index contributed by atoms with van der Waals surface area (Å²) in [5, 5.41) is 8.89. The van der Waals surface area contributed by atoms with Crippen LogP contribution < -0.4 is 0 Å². The van der Waals surface area contributed by atoms with Gasteiger partial charge in [-0.05, 0) is 50.4 Å². The number of aliphatic carboxylic acids is 1. The average molecular weight is 336 g/mol. The number of rotatable bonds is 6. The largest absolute Gasteiger partial charge is 0.480 e. The van der Waals surface area contributed by atoms with E-state index in [1.807, 2.05) is 16.8 Å². The summed E-state index contributed by atoms with van der Waals surface area (Å²) in [5.41, 5.74) is 0.957. The molecule has 24 heavy (non-hydrogen) atoms. The lowest BCUT2D eigenvalue weighted by atomic mass is 10.1. The van der Waals surface area contributed by atoms with Crippen LogP contribution in [0.1, 0.15) is 31.2 Å². The second-order valence-electron chi connectivity index (χ2n) is 6.40. The van der Waals surface area contributed by atoms with Crippen molar-refractivity contribution in [2.75, 3.05) is 26.7 Å². The third-order valence-corrected chi connectivity index (χ3v) is 4.60. The highest BCUT2D eigenvalue weighted by Crippen LogP contribution is 2.17. The molecular formula is C18H25FN2O3. The minimum absolute atomic E-state index is 0.0309. The van der Waals surface area contributed by atoms with Gasteiger partial charge in [-0.2, -0.15) is 0 Å². The van der Waals surface area contributed by atoms with E-state index < -0.39 is 5.97 Å². The number of carboxylic acids is 1. The summed E-state index contributed by atoms with van der Waals surface area (Å²) in [6.07, 6.45) is 3.62. The molecule has 0 aliphatic carbocycles. The normalized spacial score (nSPS) is 18.5. The van der Waals surface area contributed by atoms with Crippen LogP contribution in [-0.4, -0.2) is 59.5 Å². The molecule has 0 aromatic heterocycles. The van der Waals surface area contributed by atoms with Crippen LogP contribution in [0.15, 0.2) is 24.3 Å². The highest BCUT2D eigenvalue weighted by atomic mass is 19.1. The highest BCUT2D eigenvalue weighted by Gasteiger charge is 2.23. The number of amides is 1. The summed E-state index contributed by atoms with van der Waals surface area (Å²) in [6, 6.07) is 6.45. The topological polar surface area (TPSA) is 60.9 Å². The van der Waals surface area contributed by atoms with E-state index in [0.717, 1.165) is 31.4 Å². The Hall–Kier alpha value is -1.95. The van der Waals surface area contributed by atoms with E-state index in [1.165, 1.54) is 12.1 Å². The van der Waals surface area contributed by atoms with Gasteiger partial charge in [-0.15, -0.1) is 0 Å². The number of hydrogen-bond acceptors (Lipinski definition) is 3. The molecule has 1 aliphatic rings. The molecule has 1 aromatic carbocycles. The maximum atomic E-state index is 12.9. The van der Waals surface area contributed by atoms with E-state index in [-0.39, 0.29) is 24.3 Å². The summed E-state index contributed by atoms with van der Waals surface area (Å²) in [7, 11) is 1.82. The van der Waals surface area contributed by atoms with Crippen LogP contribution in [0.2, 0.25) is 0 Å². The zero-order valence-corrected chi connectivity index (χ0v) is 14.1. The smallest absolute Gasteiger partial charge is 0.317 e. The molecule has 1 N–H and O–H groups in total. The average Bonchev–Trinajstić information content (AvgIpc) is 2.79. The van der Waals surface area contributed by atoms with Gasteiger partial charge >= 0.3 is 5.97 Å². The van der Waals surface area contributed by atoms with Crippen molar-refractivity contribution in [1.29, 1.82) is 0 Å². The van der Waals surface area contributed by atoms with Gasteiger partial charge in [0.05, 0.1) is 6.54 Å². The van der Waals surface area contributed by atoms with Gasteiger partial charge in [0.2, 0.25) is 5.91 Å². The van der Waals surface area contributed by atoms with Crippen molar-refractivity contribution in [3.05, 3.63) is 35.6 Å². The predicted molar refractivity (Wildman–Crippen MR) is 89.2 cm³/mol. The molecule has 1 fully saturated rings. The van der Waals surface area contributed by atoms with Crippen LogP contribution in [-0.2, 0) is 16.0 Å². The van der Waals surface area contributed by atoms with Crippen LogP contribution in [0.4, 0.5) is 4.39 Å². The van der Waals surface area contributed by atoms with Gasteiger partial charge < -0.3 is 10.0 Å². The van der Waals surface area contributed by atoms with E-state index in [2.05, 4.69) is 0 Å². The number of aryl methyl sites for hydroxylation is 1. The Bertz CT molecular complexity index is 562. The van der Waals surface area contributed by atoms with Crippen molar-refractivity contribution in [3.63, 3.8) is 0 Å². The zero-order chi connectivity index (χ0) is 17.5. The Morgan fingerprint density at radius 3 is 2.62 bits per heavy atom. The molecule has 1 amide bonds. The number of halogens is 1. The molecule has 1 unspecified atom stereocenters. The molecule has 1 aliphatic heterocycles. The second kappa shape index (κ2) is 8.78. The Balaban J connectivity index is 1.81. The molecule has 0 saturated carbocycles. The van der Waals surface area contributed by atoms with Crippen molar-refractivity contribution in [2.45, 2.75) is 38.1 Å². The molecule has 5 nitrogen and oxygen atoms in total. The summed E-state index contributed by atoms with van der Waals surface area (Å²) in [6.45, 7) is 1.42. The molecule has 0 radical (unpaired) electrons. The first-order valence-electron chi connectivity index (χ1n) is 8.40. The fourth-order valence-corrected chi connectivity index (χ4v) is 3.17. The molecule has 1 heterocycles. The molecule has 132 valence electrons. The van der Waals surface area contributed by atoms with Crippen molar-refractivity contribution in [3.8, 4) is 0 Å². The Labute approximate surface area is 142 Å². The number of carboxylic acid groups (broad SMARTS) is 1. The van der Waals surface area contributed by atoms with Gasteiger partial charge in [0.15, 0.2) is 0 Å². The SMILES string of the molecule is CN(CC(=O)O)C1CCCN(C(=O)CCc2ccc(F)cc2)CC1. The van der Waals surface area contributed by atoms with E-state index >= 15 is 0 Å². The van der Waals surface area contributed by atoms with Gasteiger partial charge in [-0.25, -0.2) is 4.39 Å². The summed E-state index contributed by atoms with van der Waals surface area (Å²) in [5.74, 6) is -0.982. The Kier molecular flexibility index (Phi) is 6.73. The standard InChI is InChI=1S/C18H25FN2O3/c1-20(13-18(23)24)16-3-2-11-21(12-10-16)17(22)9-6-14-4-7-15(19)8-5-14/h4-5,7-8,16H,2-3,6,9-13H2,1H3,(H,23,24).